The van der Waals surface area contributed by atoms with Crippen LogP contribution in [0.5, 0.6) is 5.75 Å². The van der Waals surface area contributed by atoms with Gasteiger partial charge in [0.25, 0.3) is 0 Å². The van der Waals surface area contributed by atoms with E-state index >= 15 is 0 Å². The quantitative estimate of drug-likeness (QED) is 0.201. The van der Waals surface area contributed by atoms with Gasteiger partial charge in [-0.25, -0.2) is 18.0 Å². The lowest BCUT2D eigenvalue weighted by Crippen LogP contribution is -2.64. The fraction of sp³-hybridized carbons (Fsp3) is 0.344. The number of carboxylic acid groups (broad SMARTS) is 1. The van der Waals surface area contributed by atoms with Crippen molar-refractivity contribution in [3.8, 4) is 5.75 Å². The van der Waals surface area contributed by atoms with Crippen molar-refractivity contribution in [2.75, 3.05) is 13.1 Å². The zero-order valence-corrected chi connectivity index (χ0v) is 26.4. The van der Waals surface area contributed by atoms with Gasteiger partial charge in [0.2, 0.25) is 16.3 Å². The number of para-hydroxylation sites is 1. The Morgan fingerprint density at radius 1 is 0.936 bits per heavy atom. The Kier molecular flexibility index (Phi) is 10.5. The van der Waals surface area contributed by atoms with Crippen LogP contribution in [-0.2, 0) is 47.3 Å². The van der Waals surface area contributed by atoms with Crippen molar-refractivity contribution >= 4 is 28.1 Å². The second-order valence-electron chi connectivity index (χ2n) is 11.2. The Labute approximate surface area is 269 Å². The highest BCUT2D eigenvalue weighted by atomic mass is 32.2. The standard InChI is InChI=1S/C32H33F3N2O9S/c1-20(2)29(40)44-21(3)45-30(41)36-26(28(38)39)17-22-10-9-13-24(16-22)47(42,43)37-18-31(19-37,23-11-5-4-6-12-23)46-27-15-8-7-14-25(27)32(33,34)35/h4-16,20-21,26H,17-19H2,1-3H3,(H,36,41)(H,38,39)/t21?,26-/m0/s1. The third-order valence-electron chi connectivity index (χ3n) is 7.25. The number of carbonyl (C=O) groups excluding carboxylic acids is 2. The molecule has 1 aliphatic heterocycles. The van der Waals surface area contributed by atoms with Crippen molar-refractivity contribution in [3.63, 3.8) is 0 Å². The number of nitrogens with one attached hydrogen (secondary N) is 1. The van der Waals surface area contributed by atoms with Gasteiger partial charge in [-0.05, 0) is 35.4 Å². The van der Waals surface area contributed by atoms with E-state index in [1.165, 1.54) is 49.4 Å². The topological polar surface area (TPSA) is 149 Å². The molecule has 11 nitrogen and oxygen atoms in total. The maximum Gasteiger partial charge on any atom is 0.419 e. The van der Waals surface area contributed by atoms with Crippen LogP contribution in [0.2, 0.25) is 0 Å². The van der Waals surface area contributed by atoms with Crippen molar-refractivity contribution in [3.05, 3.63) is 95.6 Å². The number of hydrogen-bond acceptors (Lipinski definition) is 8. The van der Waals surface area contributed by atoms with Gasteiger partial charge in [0.15, 0.2) is 5.60 Å². The molecule has 4 rings (SSSR count). The summed E-state index contributed by atoms with van der Waals surface area (Å²) < 4.78 is 85.4. The molecule has 1 amide bonds. The molecule has 3 aromatic rings. The Hall–Kier alpha value is -4.63. The molecule has 2 atom stereocenters. The summed E-state index contributed by atoms with van der Waals surface area (Å²) in [4.78, 5) is 35.7. The number of carbonyl (C=O) groups is 3. The van der Waals surface area contributed by atoms with Crippen molar-refractivity contribution in [2.24, 2.45) is 5.92 Å². The van der Waals surface area contributed by atoms with Crippen molar-refractivity contribution in [2.45, 2.75) is 56.2 Å². The maximum absolute atomic E-state index is 13.7. The average molecular weight is 679 g/mol. The number of nitrogens with zero attached hydrogens (tertiary/aromatic N) is 1. The molecule has 252 valence electrons. The number of rotatable bonds is 12. The molecule has 1 saturated heterocycles. The van der Waals surface area contributed by atoms with E-state index in [9.17, 15) is 41.1 Å². The number of alkyl carbamates (subject to hydrolysis) is 1. The summed E-state index contributed by atoms with van der Waals surface area (Å²) in [7, 11) is -4.23. The third-order valence-corrected chi connectivity index (χ3v) is 9.04. The van der Waals surface area contributed by atoms with Gasteiger partial charge in [-0.2, -0.15) is 17.5 Å². The Balaban J connectivity index is 1.50. The second kappa shape index (κ2) is 14.0. The lowest BCUT2D eigenvalue weighted by molar-refractivity contribution is -0.169. The molecule has 2 N–H and O–H groups in total. The van der Waals surface area contributed by atoms with Crippen LogP contribution in [0.4, 0.5) is 18.0 Å². The van der Waals surface area contributed by atoms with Crippen LogP contribution < -0.4 is 10.1 Å². The summed E-state index contributed by atoms with van der Waals surface area (Å²) in [6, 6.07) is 16.9. The van der Waals surface area contributed by atoms with Crippen LogP contribution in [0.25, 0.3) is 0 Å². The summed E-state index contributed by atoms with van der Waals surface area (Å²) in [5.41, 5.74) is -1.70. The van der Waals surface area contributed by atoms with Crippen LogP contribution in [0.1, 0.15) is 37.5 Å². The van der Waals surface area contributed by atoms with Gasteiger partial charge in [0.1, 0.15) is 11.8 Å². The van der Waals surface area contributed by atoms with Crippen molar-refractivity contribution < 1.29 is 55.3 Å². The number of alkyl halides is 3. The minimum absolute atomic E-state index is 0.201. The Morgan fingerprint density at radius 3 is 2.19 bits per heavy atom. The zero-order chi connectivity index (χ0) is 34.6. The summed E-state index contributed by atoms with van der Waals surface area (Å²) in [5, 5.41) is 11.9. The number of halogens is 3. The monoisotopic (exact) mass is 678 g/mol. The number of benzene rings is 3. The number of amides is 1. The number of aliphatic carboxylic acids is 1. The van der Waals surface area contributed by atoms with Gasteiger partial charge >= 0.3 is 24.2 Å². The van der Waals surface area contributed by atoms with E-state index < -0.39 is 69.4 Å². The van der Waals surface area contributed by atoms with E-state index in [4.69, 9.17) is 14.2 Å². The highest BCUT2D eigenvalue weighted by Crippen LogP contribution is 2.44. The molecule has 0 radical (unpaired) electrons. The first-order valence-corrected chi connectivity index (χ1v) is 15.9. The predicted octanol–water partition coefficient (Wildman–Crippen LogP) is 4.95. The van der Waals surface area contributed by atoms with Gasteiger partial charge in [0, 0.05) is 13.3 Å². The van der Waals surface area contributed by atoms with Crippen molar-refractivity contribution in [1.29, 1.82) is 0 Å². The first kappa shape index (κ1) is 35.2. The first-order valence-electron chi connectivity index (χ1n) is 14.4. The fourth-order valence-corrected chi connectivity index (χ4v) is 6.42. The Bertz CT molecular complexity index is 1710. The smallest absolute Gasteiger partial charge is 0.419 e. The molecule has 3 aromatic carbocycles. The number of ether oxygens (including phenoxy) is 3. The highest BCUT2D eigenvalue weighted by Gasteiger charge is 2.53. The molecule has 0 bridgehead atoms. The Morgan fingerprint density at radius 2 is 1.57 bits per heavy atom. The van der Waals surface area contributed by atoms with Crippen LogP contribution in [0, 0.1) is 5.92 Å². The van der Waals surface area contributed by atoms with E-state index in [1.54, 1.807) is 44.2 Å². The van der Waals surface area contributed by atoms with E-state index in [2.05, 4.69) is 5.32 Å². The molecule has 47 heavy (non-hydrogen) atoms. The van der Waals surface area contributed by atoms with E-state index in [1.807, 2.05) is 0 Å². The van der Waals surface area contributed by atoms with Crippen molar-refractivity contribution in [1.82, 2.24) is 9.62 Å². The molecule has 1 heterocycles. The highest BCUT2D eigenvalue weighted by molar-refractivity contribution is 7.89. The number of hydrogen-bond donors (Lipinski definition) is 2. The third kappa shape index (κ3) is 8.40. The zero-order valence-electron chi connectivity index (χ0n) is 25.6. The second-order valence-corrected chi connectivity index (χ2v) is 13.1. The molecule has 0 aliphatic carbocycles. The molecule has 1 unspecified atom stereocenters. The molecule has 0 spiro atoms. The average Bonchev–Trinajstić information content (AvgIpc) is 2.98. The summed E-state index contributed by atoms with van der Waals surface area (Å²) in [6.07, 6.45) is -7.50. The molecular formula is C32H33F3N2O9S. The SMILES string of the molecule is CC(OC(=O)N[C@@H](Cc1cccc(S(=O)(=O)N2CC(Oc3ccccc3C(F)(F)F)(c3ccccc3)C2)c1)C(=O)O)OC(=O)C(C)C. The molecule has 15 heteroatoms. The maximum atomic E-state index is 13.7. The lowest BCUT2D eigenvalue weighted by Gasteiger charge is -2.49. The van der Waals surface area contributed by atoms with Gasteiger partial charge in [0.05, 0.1) is 29.5 Å². The fourth-order valence-electron chi connectivity index (χ4n) is 4.81. The van der Waals surface area contributed by atoms with Crippen LogP contribution in [0.15, 0.2) is 83.8 Å². The normalized spacial score (nSPS) is 16.0. The first-order chi connectivity index (χ1) is 22.0. The van der Waals surface area contributed by atoms with E-state index in [0.717, 1.165) is 10.4 Å². The molecule has 1 fully saturated rings. The van der Waals surface area contributed by atoms with Crippen LogP contribution >= 0.6 is 0 Å². The summed E-state index contributed by atoms with van der Waals surface area (Å²) in [6.45, 7) is 3.83. The largest absolute Gasteiger partial charge is 0.480 e. The minimum Gasteiger partial charge on any atom is -0.480 e. The number of esters is 1. The molecule has 0 saturated carbocycles. The van der Waals surface area contributed by atoms with Gasteiger partial charge in [-0.15, -0.1) is 0 Å². The lowest BCUT2D eigenvalue weighted by atomic mass is 9.87. The van der Waals surface area contributed by atoms with Gasteiger partial charge in [-0.3, -0.25) is 4.79 Å². The molecule has 1 aliphatic rings. The van der Waals surface area contributed by atoms with Gasteiger partial charge in [-0.1, -0.05) is 68.4 Å². The van der Waals surface area contributed by atoms with E-state index in [0.29, 0.717) is 5.56 Å². The summed E-state index contributed by atoms with van der Waals surface area (Å²) >= 11 is 0. The molecule has 0 aromatic heterocycles. The van der Waals surface area contributed by atoms with Crippen LogP contribution in [-0.4, -0.2) is 61.3 Å². The minimum atomic E-state index is -4.71. The van der Waals surface area contributed by atoms with E-state index in [-0.39, 0.29) is 30.0 Å². The number of carboxylic acids is 1. The number of sulfonamides is 1. The van der Waals surface area contributed by atoms with Gasteiger partial charge < -0.3 is 24.6 Å². The summed E-state index contributed by atoms with van der Waals surface area (Å²) in [5.74, 6) is -2.99. The van der Waals surface area contributed by atoms with Crippen LogP contribution in [0.3, 0.4) is 0 Å². The molecular weight excluding hydrogens is 645 g/mol. The predicted molar refractivity (Wildman–Crippen MR) is 161 cm³/mol.